The lowest BCUT2D eigenvalue weighted by molar-refractivity contribution is -0.166. The molecule has 220 valence electrons. The summed E-state index contributed by atoms with van der Waals surface area (Å²) in [5.41, 5.74) is 0.879. The maximum absolute atomic E-state index is 13.4. The molecular formula is C30H41NO9. The molecule has 3 atom stereocenters. The van der Waals surface area contributed by atoms with Crippen molar-refractivity contribution in [1.29, 1.82) is 0 Å². The molecule has 0 saturated carbocycles. The topological polar surface area (TPSA) is 137 Å². The van der Waals surface area contributed by atoms with Gasteiger partial charge in [0.15, 0.2) is 23.8 Å². The number of carbonyl (C=O) groups is 5. The number of nitrogens with zero attached hydrogens (tertiary/aromatic N) is 1. The van der Waals surface area contributed by atoms with E-state index in [9.17, 15) is 24.0 Å². The highest BCUT2D eigenvalue weighted by molar-refractivity contribution is 6.05. The first-order chi connectivity index (χ1) is 19.3. The number of esters is 1. The summed E-state index contributed by atoms with van der Waals surface area (Å²) in [5, 5.41) is 8.79. The number of hydrogen-bond donors (Lipinski definition) is 1. The van der Waals surface area contributed by atoms with E-state index >= 15 is 0 Å². The van der Waals surface area contributed by atoms with E-state index in [-0.39, 0.29) is 25.4 Å². The Morgan fingerprint density at radius 3 is 2.20 bits per heavy atom. The molecule has 0 aromatic heterocycles. The van der Waals surface area contributed by atoms with E-state index in [1.807, 2.05) is 30.3 Å². The summed E-state index contributed by atoms with van der Waals surface area (Å²) in [7, 11) is 1.17. The summed E-state index contributed by atoms with van der Waals surface area (Å²) < 4.78 is 15.5. The minimum atomic E-state index is -1.68. The summed E-state index contributed by atoms with van der Waals surface area (Å²) in [5.74, 6) is -2.77. The predicted molar refractivity (Wildman–Crippen MR) is 146 cm³/mol. The molecule has 1 aliphatic rings. The molecule has 40 heavy (non-hydrogen) atoms. The molecule has 10 heteroatoms. The number of rotatable bonds is 19. The van der Waals surface area contributed by atoms with Crippen LogP contribution in [-0.4, -0.2) is 78.1 Å². The molecule has 0 spiro atoms. The van der Waals surface area contributed by atoms with Crippen LogP contribution in [-0.2, 0) is 39.8 Å². The van der Waals surface area contributed by atoms with E-state index in [0.29, 0.717) is 12.8 Å². The first-order valence-corrected chi connectivity index (χ1v) is 13.9. The van der Waals surface area contributed by atoms with E-state index in [4.69, 9.17) is 19.3 Å². The van der Waals surface area contributed by atoms with Crippen LogP contribution in [0.2, 0.25) is 0 Å². The quantitative estimate of drug-likeness (QED) is 0.153. The second kappa shape index (κ2) is 18.1. The van der Waals surface area contributed by atoms with Gasteiger partial charge in [-0.15, -0.1) is 0 Å². The third-order valence-electron chi connectivity index (χ3n) is 6.62. The van der Waals surface area contributed by atoms with Gasteiger partial charge in [0.05, 0.1) is 6.04 Å². The third-order valence-corrected chi connectivity index (χ3v) is 6.62. The number of ether oxygens (including phenoxy) is 3. The molecule has 0 radical (unpaired) electrons. The van der Waals surface area contributed by atoms with Crippen molar-refractivity contribution < 1.29 is 43.3 Å². The van der Waals surface area contributed by atoms with Gasteiger partial charge < -0.3 is 19.3 Å². The molecule has 1 aliphatic heterocycles. The van der Waals surface area contributed by atoms with Crippen LogP contribution in [0.4, 0.5) is 4.79 Å². The number of unbranched alkanes of at least 4 members (excludes halogenated alkanes) is 7. The summed E-state index contributed by atoms with van der Waals surface area (Å²) in [6, 6.07) is 8.60. The fraction of sp³-hybridized carbons (Fsp3) is 0.567. The molecule has 10 nitrogen and oxygen atoms in total. The molecular weight excluding hydrogens is 518 g/mol. The second-order valence-electron chi connectivity index (χ2n) is 9.82. The number of amides is 2. The number of cyclic esters (lactones) is 1. The van der Waals surface area contributed by atoms with Crippen LogP contribution >= 0.6 is 0 Å². The first-order valence-electron chi connectivity index (χ1n) is 13.9. The maximum Gasteiger partial charge on any atom is 0.417 e. The average Bonchev–Trinajstić information content (AvgIpc) is 3.30. The number of carbonyl (C=O) groups excluding carboxylic acids is 5. The molecule has 2 rings (SSSR count). The Morgan fingerprint density at radius 2 is 1.60 bits per heavy atom. The highest BCUT2D eigenvalue weighted by Crippen LogP contribution is 2.21. The van der Waals surface area contributed by atoms with Crippen LogP contribution in [0.25, 0.3) is 0 Å². The molecule has 1 aromatic carbocycles. The molecule has 1 heterocycles. The number of aliphatic hydroxyl groups excluding tert-OH is 1. The van der Waals surface area contributed by atoms with Gasteiger partial charge in [0.1, 0.15) is 6.61 Å². The Balaban J connectivity index is 1.97. The Hall–Kier alpha value is -3.37. The van der Waals surface area contributed by atoms with Gasteiger partial charge in [0, 0.05) is 27.1 Å². The summed E-state index contributed by atoms with van der Waals surface area (Å²) in [6.45, 7) is 1.28. The van der Waals surface area contributed by atoms with Crippen LogP contribution in [0, 0.1) is 0 Å². The lowest BCUT2D eigenvalue weighted by Gasteiger charge is -2.27. The minimum absolute atomic E-state index is 0.0276. The van der Waals surface area contributed by atoms with Crippen LogP contribution < -0.4 is 0 Å². The molecule has 1 saturated heterocycles. The molecule has 1 fully saturated rings. The van der Waals surface area contributed by atoms with Gasteiger partial charge in [0.25, 0.3) is 5.91 Å². The van der Waals surface area contributed by atoms with Crippen molar-refractivity contribution in [3.05, 3.63) is 48.0 Å². The zero-order chi connectivity index (χ0) is 29.3. The van der Waals surface area contributed by atoms with E-state index < -0.39 is 42.0 Å². The molecule has 2 amide bonds. The SMILES string of the molecule is CO[C@@H](C(=O)N1C(=O)OC[C@H]1Cc1ccccc1)[C@@H](OC(C)=O)C(=O)C=CC(=O)CCCCCCCCCCO. The van der Waals surface area contributed by atoms with Gasteiger partial charge in [0.2, 0.25) is 0 Å². The van der Waals surface area contributed by atoms with Gasteiger partial charge >= 0.3 is 12.1 Å². The minimum Gasteiger partial charge on any atom is -0.451 e. The van der Waals surface area contributed by atoms with Gasteiger partial charge in [-0.25, -0.2) is 9.69 Å². The van der Waals surface area contributed by atoms with Crippen molar-refractivity contribution in [3.63, 3.8) is 0 Å². The lowest BCUT2D eigenvalue weighted by Crippen LogP contribution is -2.53. The van der Waals surface area contributed by atoms with Crippen molar-refractivity contribution in [2.75, 3.05) is 20.3 Å². The first kappa shape index (κ1) is 32.8. The van der Waals surface area contributed by atoms with Crippen LogP contribution in [0.3, 0.4) is 0 Å². The van der Waals surface area contributed by atoms with Gasteiger partial charge in [-0.2, -0.15) is 0 Å². The van der Waals surface area contributed by atoms with Gasteiger partial charge in [-0.1, -0.05) is 68.9 Å². The molecule has 1 N–H and O–H groups in total. The van der Waals surface area contributed by atoms with Gasteiger partial charge in [-0.3, -0.25) is 19.2 Å². The Kier molecular flexibility index (Phi) is 14.8. The van der Waals surface area contributed by atoms with Crippen molar-refractivity contribution in [3.8, 4) is 0 Å². The zero-order valence-electron chi connectivity index (χ0n) is 23.4. The highest BCUT2D eigenvalue weighted by Gasteiger charge is 2.45. The van der Waals surface area contributed by atoms with Crippen LogP contribution in [0.1, 0.15) is 70.3 Å². The van der Waals surface area contributed by atoms with Crippen LogP contribution in [0.15, 0.2) is 42.5 Å². The fourth-order valence-electron chi connectivity index (χ4n) is 4.53. The van der Waals surface area contributed by atoms with E-state index in [1.165, 1.54) is 7.11 Å². The number of hydrogen-bond acceptors (Lipinski definition) is 9. The predicted octanol–water partition coefficient (Wildman–Crippen LogP) is 3.72. The van der Waals surface area contributed by atoms with Crippen molar-refractivity contribution in [1.82, 2.24) is 4.90 Å². The standard InChI is InChI=1S/C30H41NO9/c1-22(33)40-27(26(35)18-17-25(34)16-12-7-5-3-4-6-8-13-19-32)28(38-2)29(36)31-24(21-39-30(31)37)20-23-14-10-9-11-15-23/h9-11,14-15,17-18,24,27-28,32H,3-8,12-13,16,19-21H2,1-2H3/t24-,27+,28-/m1/s1. The number of benzene rings is 1. The van der Waals surface area contributed by atoms with Crippen molar-refractivity contribution in [2.24, 2.45) is 0 Å². The molecule has 0 unspecified atom stereocenters. The van der Waals surface area contributed by atoms with E-state index in [1.54, 1.807) is 0 Å². The maximum atomic E-state index is 13.4. The lowest BCUT2D eigenvalue weighted by atomic mass is 10.0. The highest BCUT2D eigenvalue weighted by atomic mass is 16.6. The van der Waals surface area contributed by atoms with Crippen LogP contribution in [0.5, 0.6) is 0 Å². The number of aliphatic hydroxyl groups is 1. The van der Waals surface area contributed by atoms with Gasteiger partial charge in [-0.05, 0) is 37.0 Å². The number of allylic oxidation sites excluding steroid dienone is 1. The molecule has 0 bridgehead atoms. The largest absolute Gasteiger partial charge is 0.451 e. The number of imide groups is 1. The normalized spacial score (nSPS) is 16.5. The average molecular weight is 560 g/mol. The number of methoxy groups -OCH3 is 1. The van der Waals surface area contributed by atoms with Crippen molar-refractivity contribution >= 4 is 29.5 Å². The fourth-order valence-corrected chi connectivity index (χ4v) is 4.53. The molecule has 1 aromatic rings. The third kappa shape index (κ3) is 11.0. The summed E-state index contributed by atoms with van der Waals surface area (Å²) in [4.78, 5) is 63.8. The summed E-state index contributed by atoms with van der Waals surface area (Å²) in [6.07, 6.45) is 6.21. The Bertz CT molecular complexity index is 1010. The van der Waals surface area contributed by atoms with E-state index in [2.05, 4.69) is 0 Å². The summed E-state index contributed by atoms with van der Waals surface area (Å²) >= 11 is 0. The Morgan fingerprint density at radius 1 is 0.975 bits per heavy atom. The monoisotopic (exact) mass is 559 g/mol. The Labute approximate surface area is 235 Å². The smallest absolute Gasteiger partial charge is 0.417 e. The second-order valence-corrected chi connectivity index (χ2v) is 9.82. The van der Waals surface area contributed by atoms with Crippen molar-refractivity contribution in [2.45, 2.75) is 89.4 Å². The molecule has 0 aliphatic carbocycles. The number of ketones is 2. The van der Waals surface area contributed by atoms with E-state index in [0.717, 1.165) is 74.5 Å². The zero-order valence-corrected chi connectivity index (χ0v) is 23.4.